The first-order valence-corrected chi connectivity index (χ1v) is 8.99. The molecule has 1 N–H and O–H groups in total. The van der Waals surface area contributed by atoms with E-state index in [1.807, 2.05) is 55.5 Å². The van der Waals surface area contributed by atoms with Gasteiger partial charge in [0.2, 0.25) is 5.91 Å². The lowest BCUT2D eigenvalue weighted by molar-refractivity contribution is -0.121. The summed E-state index contributed by atoms with van der Waals surface area (Å²) in [5.41, 5.74) is 2.76. The van der Waals surface area contributed by atoms with Gasteiger partial charge in [-0.25, -0.2) is 4.79 Å². The summed E-state index contributed by atoms with van der Waals surface area (Å²) in [7, 11) is 0. The fraction of sp³-hybridized carbons (Fsp3) is 0.300. The van der Waals surface area contributed by atoms with E-state index in [0.29, 0.717) is 31.0 Å². The molecule has 1 aliphatic heterocycles. The van der Waals surface area contributed by atoms with E-state index < -0.39 is 0 Å². The van der Waals surface area contributed by atoms with E-state index in [1.165, 1.54) is 0 Å². The van der Waals surface area contributed by atoms with Gasteiger partial charge in [0.05, 0.1) is 12.6 Å². The van der Waals surface area contributed by atoms with Crippen LogP contribution >= 0.6 is 11.6 Å². The zero-order valence-corrected chi connectivity index (χ0v) is 15.3. The molecule has 26 heavy (non-hydrogen) atoms. The highest BCUT2D eigenvalue weighted by atomic mass is 35.5. The van der Waals surface area contributed by atoms with Gasteiger partial charge in [0.25, 0.3) is 0 Å². The Morgan fingerprint density at radius 2 is 2.08 bits per heavy atom. The Morgan fingerprint density at radius 3 is 2.81 bits per heavy atom. The number of nitrogens with one attached hydrogen (secondary N) is 1. The van der Waals surface area contributed by atoms with Crippen molar-refractivity contribution in [1.82, 2.24) is 5.32 Å². The summed E-state index contributed by atoms with van der Waals surface area (Å²) < 4.78 is 4.98. The van der Waals surface area contributed by atoms with Gasteiger partial charge in [0.15, 0.2) is 0 Å². The molecule has 0 bridgehead atoms. The summed E-state index contributed by atoms with van der Waals surface area (Å²) in [4.78, 5) is 25.5. The first-order valence-electron chi connectivity index (χ1n) is 8.61. The second-order valence-electron chi connectivity index (χ2n) is 6.28. The molecular formula is C20H21ClN2O3. The van der Waals surface area contributed by atoms with Gasteiger partial charge in [-0.1, -0.05) is 35.9 Å². The van der Waals surface area contributed by atoms with Crippen molar-refractivity contribution in [2.24, 2.45) is 0 Å². The highest BCUT2D eigenvalue weighted by molar-refractivity contribution is 6.30. The molecule has 2 aromatic carbocycles. The molecule has 0 aliphatic carbocycles. The van der Waals surface area contributed by atoms with Crippen molar-refractivity contribution in [1.29, 1.82) is 0 Å². The summed E-state index contributed by atoms with van der Waals surface area (Å²) in [6.45, 7) is 2.88. The fourth-order valence-corrected chi connectivity index (χ4v) is 3.15. The molecule has 2 amide bonds. The number of nitrogens with zero attached hydrogens (tertiary/aromatic N) is 1. The number of hydrogen-bond donors (Lipinski definition) is 1. The summed E-state index contributed by atoms with van der Waals surface area (Å²) in [6, 6.07) is 15.0. The number of anilines is 1. The van der Waals surface area contributed by atoms with Crippen LogP contribution < -0.4 is 10.2 Å². The Hall–Kier alpha value is -2.53. The lowest BCUT2D eigenvalue weighted by Crippen LogP contribution is -2.27. The number of hydrogen-bond acceptors (Lipinski definition) is 3. The van der Waals surface area contributed by atoms with Gasteiger partial charge in [-0.3, -0.25) is 9.69 Å². The third kappa shape index (κ3) is 4.55. The highest BCUT2D eigenvalue weighted by Crippen LogP contribution is 2.23. The van der Waals surface area contributed by atoms with E-state index in [4.69, 9.17) is 16.3 Å². The second-order valence-corrected chi connectivity index (χ2v) is 6.72. The number of rotatable bonds is 6. The minimum Gasteiger partial charge on any atom is -0.447 e. The largest absolute Gasteiger partial charge is 0.447 e. The van der Waals surface area contributed by atoms with Crippen LogP contribution in [0.3, 0.4) is 0 Å². The van der Waals surface area contributed by atoms with Crippen molar-refractivity contribution in [3.8, 4) is 0 Å². The van der Waals surface area contributed by atoms with Gasteiger partial charge in [-0.15, -0.1) is 0 Å². The van der Waals surface area contributed by atoms with Crippen LogP contribution in [0.5, 0.6) is 0 Å². The monoisotopic (exact) mass is 372 g/mol. The number of aryl methyl sites for hydroxylation is 1. The number of carbonyl (C=O) groups is 2. The number of benzene rings is 2. The van der Waals surface area contributed by atoms with Crippen molar-refractivity contribution >= 4 is 29.3 Å². The number of amides is 2. The highest BCUT2D eigenvalue weighted by Gasteiger charge is 2.24. The van der Waals surface area contributed by atoms with E-state index >= 15 is 0 Å². The Labute approximate surface area is 157 Å². The maximum absolute atomic E-state index is 12.2. The van der Waals surface area contributed by atoms with Crippen LogP contribution in [-0.2, 0) is 16.0 Å². The summed E-state index contributed by atoms with van der Waals surface area (Å²) >= 11 is 5.97. The van der Waals surface area contributed by atoms with Crippen LogP contribution in [0.25, 0.3) is 0 Å². The van der Waals surface area contributed by atoms with E-state index in [2.05, 4.69) is 5.32 Å². The Kier molecular flexibility index (Phi) is 5.78. The lowest BCUT2D eigenvalue weighted by Gasteiger charge is -2.18. The average Bonchev–Trinajstić information content (AvgIpc) is 3.06. The molecular weight excluding hydrogens is 352 g/mol. The molecule has 0 saturated carbocycles. The molecule has 0 spiro atoms. The lowest BCUT2D eigenvalue weighted by atomic mass is 10.1. The predicted octanol–water partition coefficient (Wildman–Crippen LogP) is 4.11. The van der Waals surface area contributed by atoms with Crippen LogP contribution in [0.2, 0.25) is 5.02 Å². The van der Waals surface area contributed by atoms with E-state index in [9.17, 15) is 9.59 Å². The first kappa shape index (κ1) is 18.3. The van der Waals surface area contributed by atoms with E-state index in [1.54, 1.807) is 4.90 Å². The molecule has 1 fully saturated rings. The molecule has 1 saturated heterocycles. The molecule has 3 rings (SSSR count). The van der Waals surface area contributed by atoms with Gasteiger partial charge in [0.1, 0.15) is 6.61 Å². The van der Waals surface area contributed by atoms with Crippen molar-refractivity contribution in [3.05, 3.63) is 64.7 Å². The van der Waals surface area contributed by atoms with Crippen molar-refractivity contribution < 1.29 is 14.3 Å². The molecule has 6 heteroatoms. The number of cyclic esters (lactones) is 1. The van der Waals surface area contributed by atoms with E-state index in [0.717, 1.165) is 16.8 Å². The maximum Gasteiger partial charge on any atom is 0.414 e. The third-order valence-corrected chi connectivity index (χ3v) is 4.59. The van der Waals surface area contributed by atoms with E-state index in [-0.39, 0.29) is 18.0 Å². The van der Waals surface area contributed by atoms with Crippen LogP contribution in [-0.4, -0.2) is 25.2 Å². The average molecular weight is 373 g/mol. The molecule has 1 atom stereocenters. The zero-order valence-electron chi connectivity index (χ0n) is 14.6. The van der Waals surface area contributed by atoms with Gasteiger partial charge < -0.3 is 10.1 Å². The quantitative estimate of drug-likeness (QED) is 0.830. The van der Waals surface area contributed by atoms with Crippen LogP contribution in [0.1, 0.15) is 30.5 Å². The summed E-state index contributed by atoms with van der Waals surface area (Å²) in [5.74, 6) is -0.0246. The van der Waals surface area contributed by atoms with Gasteiger partial charge in [-0.05, 0) is 48.7 Å². The van der Waals surface area contributed by atoms with Crippen LogP contribution in [0, 0.1) is 0 Å². The van der Waals surface area contributed by atoms with Gasteiger partial charge >= 0.3 is 6.09 Å². The summed E-state index contributed by atoms with van der Waals surface area (Å²) in [5, 5.41) is 3.68. The standard InChI is InChI=1S/C20H21ClN2O3/c1-14(22-19(24)9-8-15-4-2-6-17(21)12-15)16-5-3-7-18(13-16)23-10-11-26-20(23)25/h2-7,12-14H,8-11H2,1H3,(H,22,24). The normalized spacial score (nSPS) is 14.8. The minimum atomic E-state index is -0.333. The Balaban J connectivity index is 1.58. The van der Waals surface area contributed by atoms with Gasteiger partial charge in [0, 0.05) is 17.1 Å². The molecule has 2 aromatic rings. The topological polar surface area (TPSA) is 58.6 Å². The Bertz CT molecular complexity index is 809. The first-order chi connectivity index (χ1) is 12.5. The second kappa shape index (κ2) is 8.23. The molecule has 0 aromatic heterocycles. The maximum atomic E-state index is 12.2. The smallest absolute Gasteiger partial charge is 0.414 e. The molecule has 1 heterocycles. The molecule has 1 unspecified atom stereocenters. The third-order valence-electron chi connectivity index (χ3n) is 4.35. The van der Waals surface area contributed by atoms with Crippen LogP contribution in [0.4, 0.5) is 10.5 Å². The molecule has 136 valence electrons. The Morgan fingerprint density at radius 1 is 1.27 bits per heavy atom. The van der Waals surface area contributed by atoms with Crippen molar-refractivity contribution in [2.75, 3.05) is 18.1 Å². The molecule has 0 radical (unpaired) electrons. The van der Waals surface area contributed by atoms with Crippen molar-refractivity contribution in [3.63, 3.8) is 0 Å². The SMILES string of the molecule is CC(NC(=O)CCc1cccc(Cl)c1)c1cccc(N2CCOC2=O)c1. The van der Waals surface area contributed by atoms with Gasteiger partial charge in [-0.2, -0.15) is 0 Å². The number of ether oxygens (including phenoxy) is 1. The molecule has 1 aliphatic rings. The number of carbonyl (C=O) groups excluding carboxylic acids is 2. The minimum absolute atomic E-state index is 0.0246. The zero-order chi connectivity index (χ0) is 18.5. The van der Waals surface area contributed by atoms with Crippen molar-refractivity contribution in [2.45, 2.75) is 25.8 Å². The summed E-state index contributed by atoms with van der Waals surface area (Å²) in [6.07, 6.45) is 0.696. The predicted molar refractivity (Wildman–Crippen MR) is 101 cm³/mol. The fourth-order valence-electron chi connectivity index (χ4n) is 2.94. The number of halogens is 1. The van der Waals surface area contributed by atoms with Crippen LogP contribution in [0.15, 0.2) is 48.5 Å². The molecule has 5 nitrogen and oxygen atoms in total.